The minimum absolute atomic E-state index is 0.164. The molecule has 3 rings (SSSR count). The number of nitrogens with one attached hydrogen (secondary N) is 1. The normalized spacial score (nSPS) is 18.6. The number of halogens is 3. The molecule has 6 heteroatoms. The predicted molar refractivity (Wildman–Crippen MR) is 72.8 cm³/mol. The van der Waals surface area contributed by atoms with Crippen LogP contribution in [-0.2, 0) is 25.4 Å². The fourth-order valence-electron chi connectivity index (χ4n) is 2.66. The number of imidazole rings is 1. The van der Waals surface area contributed by atoms with Crippen LogP contribution in [0.4, 0.5) is 13.2 Å². The van der Waals surface area contributed by atoms with Crippen molar-refractivity contribution in [1.29, 1.82) is 0 Å². The zero-order valence-corrected chi connectivity index (χ0v) is 11.4. The van der Waals surface area contributed by atoms with Gasteiger partial charge >= 0.3 is 6.18 Å². The minimum atomic E-state index is -4.29. The lowest BCUT2D eigenvalue weighted by Gasteiger charge is -2.15. The molecule has 112 valence electrons. The van der Waals surface area contributed by atoms with E-state index in [-0.39, 0.29) is 6.04 Å². The predicted octanol–water partition coefficient (Wildman–Crippen LogP) is 2.84. The number of fused-ring (bicyclic) bond motifs is 1. The molecule has 0 amide bonds. The molecule has 3 nitrogen and oxygen atoms in total. The van der Waals surface area contributed by atoms with Crippen molar-refractivity contribution >= 4 is 0 Å². The van der Waals surface area contributed by atoms with Crippen LogP contribution < -0.4 is 5.73 Å². The van der Waals surface area contributed by atoms with Crippen LogP contribution >= 0.6 is 0 Å². The summed E-state index contributed by atoms with van der Waals surface area (Å²) in [5.41, 5.74) is 8.20. The zero-order valence-electron chi connectivity index (χ0n) is 11.4. The van der Waals surface area contributed by atoms with Gasteiger partial charge < -0.3 is 10.7 Å². The maximum absolute atomic E-state index is 12.5. The maximum atomic E-state index is 12.5. The molecule has 0 bridgehead atoms. The Bertz CT molecular complexity index is 629. The summed E-state index contributed by atoms with van der Waals surface area (Å²) in [4.78, 5) is 7.76. The fraction of sp³-hybridized carbons (Fsp3) is 0.400. The van der Waals surface area contributed by atoms with Gasteiger partial charge in [-0.15, -0.1) is 0 Å². The van der Waals surface area contributed by atoms with Crippen molar-refractivity contribution < 1.29 is 13.2 Å². The van der Waals surface area contributed by atoms with E-state index in [0.717, 1.165) is 54.2 Å². The fourth-order valence-corrected chi connectivity index (χ4v) is 2.66. The molecule has 0 radical (unpaired) electrons. The standard InChI is InChI=1S/C15H16F3N3/c16-15(17,18)10-3-1-9(2-4-10)7-14-20-12-6-5-11(19)8-13(12)21-14/h1-4,11H,5-8,19H2,(H,20,21). The molecule has 21 heavy (non-hydrogen) atoms. The SMILES string of the molecule is NC1CCc2nc(Cc3ccc(C(F)(F)F)cc3)[nH]c2C1. The van der Waals surface area contributed by atoms with Crippen molar-refractivity contribution in [2.75, 3.05) is 0 Å². The van der Waals surface area contributed by atoms with Gasteiger partial charge in [0, 0.05) is 24.6 Å². The number of aromatic nitrogens is 2. The molecular weight excluding hydrogens is 279 g/mol. The zero-order chi connectivity index (χ0) is 15.0. The summed E-state index contributed by atoms with van der Waals surface area (Å²) in [5, 5.41) is 0. The number of alkyl halides is 3. The number of H-pyrrole nitrogens is 1. The van der Waals surface area contributed by atoms with E-state index in [9.17, 15) is 13.2 Å². The monoisotopic (exact) mass is 295 g/mol. The molecule has 1 aliphatic rings. The first-order valence-corrected chi connectivity index (χ1v) is 6.90. The summed E-state index contributed by atoms with van der Waals surface area (Å²) in [6, 6.07) is 5.37. The second kappa shape index (κ2) is 5.18. The Balaban J connectivity index is 1.75. The second-order valence-electron chi connectivity index (χ2n) is 5.48. The minimum Gasteiger partial charge on any atom is -0.345 e. The van der Waals surface area contributed by atoms with Gasteiger partial charge in [-0.2, -0.15) is 13.2 Å². The summed E-state index contributed by atoms with van der Waals surface area (Å²) in [7, 11) is 0. The van der Waals surface area contributed by atoms with E-state index in [0.29, 0.717) is 6.42 Å². The number of nitrogens with zero attached hydrogens (tertiary/aromatic N) is 1. The highest BCUT2D eigenvalue weighted by atomic mass is 19.4. The summed E-state index contributed by atoms with van der Waals surface area (Å²) in [6.45, 7) is 0. The third-order valence-corrected chi connectivity index (χ3v) is 3.78. The average Bonchev–Trinajstić information content (AvgIpc) is 2.79. The molecule has 1 aromatic carbocycles. The van der Waals surface area contributed by atoms with Crippen molar-refractivity contribution in [3.05, 3.63) is 52.6 Å². The first-order valence-electron chi connectivity index (χ1n) is 6.90. The molecule has 0 saturated heterocycles. The molecule has 1 atom stereocenters. The van der Waals surface area contributed by atoms with Crippen molar-refractivity contribution in [2.45, 2.75) is 37.9 Å². The molecule has 1 heterocycles. The Labute approximate surface area is 120 Å². The first-order chi connectivity index (χ1) is 9.91. The number of aromatic amines is 1. The van der Waals surface area contributed by atoms with Crippen LogP contribution in [0.25, 0.3) is 0 Å². The van der Waals surface area contributed by atoms with Gasteiger partial charge in [0.05, 0.1) is 11.3 Å². The van der Waals surface area contributed by atoms with Crippen molar-refractivity contribution in [1.82, 2.24) is 9.97 Å². The van der Waals surface area contributed by atoms with Crippen LogP contribution in [0.3, 0.4) is 0 Å². The molecule has 1 aliphatic carbocycles. The summed E-state index contributed by atoms with van der Waals surface area (Å²) < 4.78 is 37.5. The maximum Gasteiger partial charge on any atom is 0.416 e. The van der Waals surface area contributed by atoms with Gasteiger partial charge in [-0.25, -0.2) is 4.98 Å². The molecular formula is C15H16F3N3. The van der Waals surface area contributed by atoms with Crippen LogP contribution in [0.1, 0.15) is 34.8 Å². The number of hydrogen-bond acceptors (Lipinski definition) is 2. The van der Waals surface area contributed by atoms with Gasteiger partial charge in [-0.05, 0) is 30.5 Å². The molecule has 0 fully saturated rings. The van der Waals surface area contributed by atoms with Crippen molar-refractivity contribution in [2.24, 2.45) is 5.73 Å². The smallest absolute Gasteiger partial charge is 0.345 e. The van der Waals surface area contributed by atoms with E-state index in [1.165, 1.54) is 12.1 Å². The van der Waals surface area contributed by atoms with Crippen LogP contribution in [0, 0.1) is 0 Å². The third-order valence-electron chi connectivity index (χ3n) is 3.78. The van der Waals surface area contributed by atoms with E-state index < -0.39 is 11.7 Å². The van der Waals surface area contributed by atoms with Gasteiger partial charge in [0.1, 0.15) is 5.82 Å². The van der Waals surface area contributed by atoms with Crippen LogP contribution in [0.5, 0.6) is 0 Å². The van der Waals surface area contributed by atoms with E-state index in [2.05, 4.69) is 9.97 Å². The highest BCUT2D eigenvalue weighted by molar-refractivity contribution is 5.28. The number of benzene rings is 1. The Hall–Kier alpha value is -1.82. The van der Waals surface area contributed by atoms with Crippen molar-refractivity contribution in [3.63, 3.8) is 0 Å². The Morgan fingerprint density at radius 2 is 1.95 bits per heavy atom. The average molecular weight is 295 g/mol. The van der Waals surface area contributed by atoms with Gasteiger partial charge in [-0.3, -0.25) is 0 Å². The highest BCUT2D eigenvalue weighted by Gasteiger charge is 2.30. The molecule has 0 spiro atoms. The molecule has 1 aromatic heterocycles. The summed E-state index contributed by atoms with van der Waals surface area (Å²) in [5.74, 6) is 0.786. The van der Waals surface area contributed by atoms with E-state index in [4.69, 9.17) is 5.73 Å². The number of aryl methyl sites for hydroxylation is 1. The van der Waals surface area contributed by atoms with E-state index >= 15 is 0 Å². The van der Waals surface area contributed by atoms with Gasteiger partial charge in [0.25, 0.3) is 0 Å². The van der Waals surface area contributed by atoms with Gasteiger partial charge in [-0.1, -0.05) is 12.1 Å². The Kier molecular flexibility index (Phi) is 3.49. The quantitative estimate of drug-likeness (QED) is 0.895. The number of nitrogens with two attached hydrogens (primary N) is 1. The van der Waals surface area contributed by atoms with Crippen LogP contribution in [0.15, 0.2) is 24.3 Å². The largest absolute Gasteiger partial charge is 0.416 e. The van der Waals surface area contributed by atoms with Crippen LogP contribution in [-0.4, -0.2) is 16.0 Å². The molecule has 2 aromatic rings. The lowest BCUT2D eigenvalue weighted by Crippen LogP contribution is -2.27. The molecule has 0 saturated carbocycles. The first kappa shape index (κ1) is 14.1. The van der Waals surface area contributed by atoms with Crippen molar-refractivity contribution in [3.8, 4) is 0 Å². The molecule has 1 unspecified atom stereocenters. The highest BCUT2D eigenvalue weighted by Crippen LogP contribution is 2.29. The molecule has 0 aliphatic heterocycles. The van der Waals surface area contributed by atoms with Gasteiger partial charge in [0.15, 0.2) is 0 Å². The van der Waals surface area contributed by atoms with E-state index in [1.54, 1.807) is 0 Å². The Morgan fingerprint density at radius 1 is 1.24 bits per heavy atom. The third kappa shape index (κ3) is 3.10. The summed E-state index contributed by atoms with van der Waals surface area (Å²) >= 11 is 0. The topological polar surface area (TPSA) is 54.7 Å². The molecule has 3 N–H and O–H groups in total. The lowest BCUT2D eigenvalue weighted by molar-refractivity contribution is -0.137. The Morgan fingerprint density at radius 3 is 2.62 bits per heavy atom. The van der Waals surface area contributed by atoms with Gasteiger partial charge in [0.2, 0.25) is 0 Å². The van der Waals surface area contributed by atoms with Crippen LogP contribution in [0.2, 0.25) is 0 Å². The number of hydrogen-bond donors (Lipinski definition) is 2. The second-order valence-corrected chi connectivity index (χ2v) is 5.48. The number of rotatable bonds is 2. The van der Waals surface area contributed by atoms with E-state index in [1.807, 2.05) is 0 Å². The lowest BCUT2D eigenvalue weighted by atomic mass is 9.97. The summed E-state index contributed by atoms with van der Waals surface area (Å²) in [6.07, 6.45) is -1.22.